The van der Waals surface area contributed by atoms with Crippen molar-refractivity contribution in [2.45, 2.75) is 12.6 Å². The van der Waals surface area contributed by atoms with Gasteiger partial charge in [0.05, 0.1) is 5.56 Å². The number of alkyl halides is 3. The van der Waals surface area contributed by atoms with Crippen molar-refractivity contribution in [1.82, 2.24) is 4.90 Å². The van der Waals surface area contributed by atoms with Crippen LogP contribution in [0.4, 0.5) is 24.5 Å². The number of rotatable bonds is 6. The highest BCUT2D eigenvalue weighted by molar-refractivity contribution is 5.92. The Kier molecular flexibility index (Phi) is 6.98. The van der Waals surface area contributed by atoms with E-state index in [1.54, 1.807) is 6.07 Å². The highest BCUT2D eigenvalue weighted by Crippen LogP contribution is 2.31. The van der Waals surface area contributed by atoms with Crippen LogP contribution in [0.3, 0.4) is 0 Å². The van der Waals surface area contributed by atoms with E-state index in [0.29, 0.717) is 31.3 Å². The average Bonchev–Trinajstić information content (AvgIpc) is 2.72. The van der Waals surface area contributed by atoms with Gasteiger partial charge in [0, 0.05) is 50.6 Å². The molecule has 0 amide bonds. The van der Waals surface area contributed by atoms with Crippen molar-refractivity contribution < 1.29 is 13.2 Å². The molecule has 0 spiro atoms. The predicted molar refractivity (Wildman–Crippen MR) is 111 cm³/mol. The highest BCUT2D eigenvalue weighted by Gasteiger charge is 2.31. The number of hydrogen-bond donors (Lipinski definition) is 2. The lowest BCUT2D eigenvalue weighted by molar-refractivity contribution is -0.137. The summed E-state index contributed by atoms with van der Waals surface area (Å²) in [6.45, 7) is 4.57. The maximum Gasteiger partial charge on any atom is 0.416 e. The molecule has 1 fully saturated rings. The Bertz CT molecular complexity index is 799. The molecule has 156 valence electrons. The van der Waals surface area contributed by atoms with Crippen LogP contribution >= 0.6 is 0 Å². The van der Waals surface area contributed by atoms with Gasteiger partial charge in [-0.15, -0.1) is 0 Å². The van der Waals surface area contributed by atoms with E-state index in [1.807, 2.05) is 35.2 Å². The molecule has 1 aliphatic heterocycles. The number of nitrogens with two attached hydrogens (primary N) is 1. The molecule has 2 aromatic carbocycles. The predicted octanol–water partition coefficient (Wildman–Crippen LogP) is 3.64. The largest absolute Gasteiger partial charge is 0.416 e. The maximum absolute atomic E-state index is 12.9. The SMILES string of the molecule is NC(=NCCCN1CCN(c2cccc(C(F)(F)F)c2)CC1)Nc1ccccc1. The fourth-order valence-electron chi connectivity index (χ4n) is 3.31. The third-order valence-corrected chi connectivity index (χ3v) is 4.87. The van der Waals surface area contributed by atoms with Gasteiger partial charge in [0.15, 0.2) is 5.96 Å². The molecule has 2 aromatic rings. The zero-order valence-corrected chi connectivity index (χ0v) is 16.2. The van der Waals surface area contributed by atoms with Crippen LogP contribution < -0.4 is 16.0 Å². The normalized spacial score (nSPS) is 16.1. The Labute approximate surface area is 169 Å². The van der Waals surface area contributed by atoms with Crippen molar-refractivity contribution in [3.05, 3.63) is 60.2 Å². The third-order valence-electron chi connectivity index (χ3n) is 4.87. The van der Waals surface area contributed by atoms with Crippen LogP contribution in [0.15, 0.2) is 59.6 Å². The van der Waals surface area contributed by atoms with Gasteiger partial charge in [-0.2, -0.15) is 13.2 Å². The van der Waals surface area contributed by atoms with Crippen LogP contribution in [-0.2, 0) is 6.18 Å². The summed E-state index contributed by atoms with van der Waals surface area (Å²) >= 11 is 0. The second kappa shape index (κ2) is 9.65. The van der Waals surface area contributed by atoms with Gasteiger partial charge >= 0.3 is 6.18 Å². The Balaban J connectivity index is 1.40. The van der Waals surface area contributed by atoms with Crippen molar-refractivity contribution in [2.24, 2.45) is 10.7 Å². The number of nitrogens with zero attached hydrogens (tertiary/aromatic N) is 3. The van der Waals surface area contributed by atoms with E-state index < -0.39 is 11.7 Å². The minimum absolute atomic E-state index is 0.394. The van der Waals surface area contributed by atoms with E-state index >= 15 is 0 Å². The Morgan fingerprint density at radius 2 is 1.72 bits per heavy atom. The van der Waals surface area contributed by atoms with Gasteiger partial charge in [-0.1, -0.05) is 24.3 Å². The molecule has 0 radical (unpaired) electrons. The lowest BCUT2D eigenvalue weighted by atomic mass is 10.1. The number of aliphatic imine (C=N–C) groups is 1. The van der Waals surface area contributed by atoms with Gasteiger partial charge in [0.2, 0.25) is 0 Å². The van der Waals surface area contributed by atoms with Crippen LogP contribution in [0, 0.1) is 0 Å². The van der Waals surface area contributed by atoms with E-state index in [4.69, 9.17) is 5.73 Å². The molecule has 1 heterocycles. The fraction of sp³-hybridized carbons (Fsp3) is 0.381. The van der Waals surface area contributed by atoms with E-state index in [1.165, 1.54) is 12.1 Å². The van der Waals surface area contributed by atoms with Crippen LogP contribution in [0.5, 0.6) is 0 Å². The lowest BCUT2D eigenvalue weighted by Crippen LogP contribution is -2.46. The molecule has 5 nitrogen and oxygen atoms in total. The number of hydrogen-bond acceptors (Lipinski definition) is 3. The molecule has 0 bridgehead atoms. The average molecular weight is 405 g/mol. The summed E-state index contributed by atoms with van der Waals surface area (Å²) in [5.41, 5.74) is 6.82. The standard InChI is InChI=1S/C21H26F3N5/c22-21(23,24)17-6-4-9-19(16-17)29-14-12-28(13-15-29)11-5-10-26-20(25)27-18-7-2-1-3-8-18/h1-4,6-9,16H,5,10-15H2,(H3,25,26,27). The molecule has 8 heteroatoms. The molecular weight excluding hydrogens is 379 g/mol. The first-order valence-corrected chi connectivity index (χ1v) is 9.68. The number of halogens is 3. The summed E-state index contributed by atoms with van der Waals surface area (Å²) in [5.74, 6) is 0.394. The van der Waals surface area contributed by atoms with Gasteiger partial charge in [0.25, 0.3) is 0 Å². The molecule has 0 aliphatic carbocycles. The summed E-state index contributed by atoms with van der Waals surface area (Å²) in [6.07, 6.45) is -3.43. The van der Waals surface area contributed by atoms with Crippen molar-refractivity contribution in [1.29, 1.82) is 0 Å². The minimum atomic E-state index is -4.31. The number of nitrogens with one attached hydrogen (secondary N) is 1. The second-order valence-corrected chi connectivity index (χ2v) is 6.99. The summed E-state index contributed by atoms with van der Waals surface area (Å²) in [4.78, 5) is 8.65. The second-order valence-electron chi connectivity index (χ2n) is 6.99. The van der Waals surface area contributed by atoms with Gasteiger partial charge in [-0.05, 0) is 36.8 Å². The van der Waals surface area contributed by atoms with Crippen molar-refractivity contribution in [3.63, 3.8) is 0 Å². The highest BCUT2D eigenvalue weighted by atomic mass is 19.4. The van der Waals surface area contributed by atoms with Crippen molar-refractivity contribution in [2.75, 3.05) is 49.5 Å². The number of benzene rings is 2. The first kappa shape index (κ1) is 21.0. The monoisotopic (exact) mass is 405 g/mol. The van der Waals surface area contributed by atoms with Gasteiger partial charge < -0.3 is 16.0 Å². The zero-order chi connectivity index (χ0) is 20.7. The number of guanidine groups is 1. The van der Waals surface area contributed by atoms with E-state index in [9.17, 15) is 13.2 Å². The summed E-state index contributed by atoms with van der Waals surface area (Å²) in [5, 5.41) is 3.05. The van der Waals surface area contributed by atoms with E-state index in [-0.39, 0.29) is 0 Å². The van der Waals surface area contributed by atoms with Crippen molar-refractivity contribution >= 4 is 17.3 Å². The Morgan fingerprint density at radius 3 is 2.41 bits per heavy atom. The molecule has 0 atom stereocenters. The molecule has 0 unspecified atom stereocenters. The molecule has 1 aliphatic rings. The van der Waals surface area contributed by atoms with Crippen LogP contribution in [-0.4, -0.2) is 50.1 Å². The van der Waals surface area contributed by atoms with Crippen LogP contribution in [0.1, 0.15) is 12.0 Å². The topological polar surface area (TPSA) is 56.9 Å². The van der Waals surface area contributed by atoms with Crippen LogP contribution in [0.2, 0.25) is 0 Å². The van der Waals surface area contributed by atoms with E-state index in [2.05, 4.69) is 15.2 Å². The molecule has 0 saturated carbocycles. The molecule has 1 saturated heterocycles. The summed E-state index contributed by atoms with van der Waals surface area (Å²) in [7, 11) is 0. The Morgan fingerprint density at radius 1 is 1.00 bits per heavy atom. The molecule has 29 heavy (non-hydrogen) atoms. The van der Waals surface area contributed by atoms with E-state index in [0.717, 1.165) is 37.8 Å². The zero-order valence-electron chi connectivity index (χ0n) is 16.2. The van der Waals surface area contributed by atoms with Gasteiger partial charge in [-0.25, -0.2) is 0 Å². The first-order valence-electron chi connectivity index (χ1n) is 9.68. The fourth-order valence-corrected chi connectivity index (χ4v) is 3.31. The van der Waals surface area contributed by atoms with Crippen molar-refractivity contribution in [3.8, 4) is 0 Å². The quantitative estimate of drug-likeness (QED) is 0.438. The Hall–Kier alpha value is -2.74. The summed E-state index contributed by atoms with van der Waals surface area (Å²) in [6, 6.07) is 15.2. The smallest absolute Gasteiger partial charge is 0.370 e. The van der Waals surface area contributed by atoms with Crippen LogP contribution in [0.25, 0.3) is 0 Å². The molecule has 0 aromatic heterocycles. The third kappa shape index (κ3) is 6.39. The maximum atomic E-state index is 12.9. The van der Waals surface area contributed by atoms with Gasteiger partial charge in [0.1, 0.15) is 0 Å². The molecular formula is C21H26F3N5. The number of anilines is 2. The number of piperazine rings is 1. The number of para-hydroxylation sites is 1. The summed E-state index contributed by atoms with van der Waals surface area (Å²) < 4.78 is 38.7. The molecule has 3 rings (SSSR count). The minimum Gasteiger partial charge on any atom is -0.370 e. The lowest BCUT2D eigenvalue weighted by Gasteiger charge is -2.36. The molecule has 3 N–H and O–H groups in total. The first-order chi connectivity index (χ1) is 13.9. The van der Waals surface area contributed by atoms with Gasteiger partial charge in [-0.3, -0.25) is 9.89 Å².